The molecule has 0 saturated heterocycles. The third-order valence-corrected chi connectivity index (χ3v) is 3.78. The molecule has 0 bridgehead atoms. The van der Waals surface area contributed by atoms with Gasteiger partial charge in [0.15, 0.2) is 0 Å². The highest BCUT2D eigenvalue weighted by atomic mass is 32.1. The molecule has 1 aliphatic rings. The summed E-state index contributed by atoms with van der Waals surface area (Å²) in [5.41, 5.74) is 11.6. The van der Waals surface area contributed by atoms with Gasteiger partial charge in [-0.25, -0.2) is 0 Å². The topological polar surface area (TPSA) is 61.8 Å². The third-order valence-electron chi connectivity index (χ3n) is 3.66. The molecular weight excluding hydrogens is 266 g/mol. The Morgan fingerprint density at radius 3 is 3.00 bits per heavy atom. The SMILES string of the molecule is N#C/C=C1/c2ccccc2CCC1C/C(=C/N)NC=S. The van der Waals surface area contributed by atoms with Crippen LogP contribution in [0.25, 0.3) is 5.57 Å². The summed E-state index contributed by atoms with van der Waals surface area (Å²) in [5.74, 6) is 0.293. The first kappa shape index (κ1) is 14.3. The molecule has 0 amide bonds. The first-order chi connectivity index (χ1) is 9.80. The average Bonchev–Trinajstić information content (AvgIpc) is 2.49. The van der Waals surface area contributed by atoms with Crippen molar-refractivity contribution in [2.75, 3.05) is 0 Å². The van der Waals surface area contributed by atoms with Gasteiger partial charge >= 0.3 is 0 Å². The molecule has 1 unspecified atom stereocenters. The third kappa shape index (κ3) is 3.06. The molecule has 1 aliphatic carbocycles. The first-order valence-electron chi connectivity index (χ1n) is 6.59. The smallest absolute Gasteiger partial charge is 0.0915 e. The summed E-state index contributed by atoms with van der Waals surface area (Å²) >= 11 is 4.81. The molecule has 0 heterocycles. The fraction of sp³-hybridized carbons (Fsp3) is 0.250. The van der Waals surface area contributed by atoms with E-state index in [-0.39, 0.29) is 0 Å². The molecule has 3 nitrogen and oxygen atoms in total. The minimum absolute atomic E-state index is 0.293. The van der Waals surface area contributed by atoms with Crippen LogP contribution in [0.3, 0.4) is 0 Å². The van der Waals surface area contributed by atoms with Crippen LogP contribution in [0.4, 0.5) is 0 Å². The van der Waals surface area contributed by atoms with Gasteiger partial charge in [-0.2, -0.15) is 5.26 Å². The van der Waals surface area contributed by atoms with Crippen LogP contribution in [0.2, 0.25) is 0 Å². The molecule has 2 rings (SSSR count). The van der Waals surface area contributed by atoms with E-state index in [0.29, 0.717) is 5.92 Å². The van der Waals surface area contributed by atoms with Gasteiger partial charge < -0.3 is 11.1 Å². The van der Waals surface area contributed by atoms with Crippen LogP contribution in [0.15, 0.2) is 42.2 Å². The minimum Gasteiger partial charge on any atom is -0.403 e. The number of nitriles is 1. The maximum atomic E-state index is 9.05. The molecule has 20 heavy (non-hydrogen) atoms. The summed E-state index contributed by atoms with van der Waals surface area (Å²) in [6.45, 7) is 0. The lowest BCUT2D eigenvalue weighted by molar-refractivity contribution is 0.575. The molecule has 3 N–H and O–H groups in total. The molecule has 0 fully saturated rings. The van der Waals surface area contributed by atoms with Crippen LogP contribution in [-0.2, 0) is 6.42 Å². The van der Waals surface area contributed by atoms with Crippen molar-refractivity contribution >= 4 is 23.3 Å². The number of fused-ring (bicyclic) bond motifs is 1. The number of nitrogens with zero attached hydrogens (tertiary/aromatic N) is 1. The number of benzene rings is 1. The summed E-state index contributed by atoms with van der Waals surface area (Å²) in [4.78, 5) is 0. The lowest BCUT2D eigenvalue weighted by Crippen LogP contribution is -2.19. The van der Waals surface area contributed by atoms with E-state index >= 15 is 0 Å². The molecular formula is C16H17N3S. The lowest BCUT2D eigenvalue weighted by Gasteiger charge is -2.28. The quantitative estimate of drug-likeness (QED) is 0.659. The van der Waals surface area contributed by atoms with Gasteiger partial charge in [0.25, 0.3) is 0 Å². The zero-order chi connectivity index (χ0) is 14.4. The molecule has 4 heteroatoms. The second-order valence-corrected chi connectivity index (χ2v) is 5.02. The Bertz CT molecular complexity index is 596. The van der Waals surface area contributed by atoms with Crippen molar-refractivity contribution in [2.24, 2.45) is 11.7 Å². The van der Waals surface area contributed by atoms with E-state index in [1.165, 1.54) is 16.6 Å². The van der Waals surface area contributed by atoms with Crippen LogP contribution in [-0.4, -0.2) is 5.49 Å². The molecule has 1 aromatic rings. The van der Waals surface area contributed by atoms with Gasteiger partial charge in [0, 0.05) is 18.0 Å². The van der Waals surface area contributed by atoms with E-state index in [2.05, 4.69) is 23.5 Å². The minimum atomic E-state index is 0.293. The van der Waals surface area contributed by atoms with Gasteiger partial charge in [0.2, 0.25) is 0 Å². The number of thiocarbonyl (C=S) groups is 1. The van der Waals surface area contributed by atoms with Crippen molar-refractivity contribution in [1.82, 2.24) is 5.32 Å². The van der Waals surface area contributed by atoms with Gasteiger partial charge in [0.1, 0.15) is 0 Å². The van der Waals surface area contributed by atoms with Crippen molar-refractivity contribution < 1.29 is 0 Å². The van der Waals surface area contributed by atoms with Crippen molar-refractivity contribution in [1.29, 1.82) is 5.26 Å². The fourth-order valence-corrected chi connectivity index (χ4v) is 2.87. The van der Waals surface area contributed by atoms with Crippen LogP contribution >= 0.6 is 12.2 Å². The number of rotatable bonds is 4. The molecule has 0 aliphatic heterocycles. The van der Waals surface area contributed by atoms with Crippen molar-refractivity contribution in [2.45, 2.75) is 19.3 Å². The van der Waals surface area contributed by atoms with E-state index in [9.17, 15) is 0 Å². The lowest BCUT2D eigenvalue weighted by atomic mass is 9.77. The number of aryl methyl sites for hydroxylation is 1. The monoisotopic (exact) mass is 283 g/mol. The number of hydrogen-bond donors (Lipinski definition) is 2. The number of allylic oxidation sites excluding steroid dienone is 3. The normalized spacial score (nSPS) is 20.1. The second kappa shape index (κ2) is 6.88. The molecule has 0 spiro atoms. The molecule has 0 aromatic heterocycles. The molecule has 102 valence electrons. The highest BCUT2D eigenvalue weighted by Gasteiger charge is 2.24. The number of hydrogen-bond acceptors (Lipinski definition) is 3. The van der Waals surface area contributed by atoms with E-state index < -0.39 is 0 Å². The number of nitrogens with one attached hydrogen (secondary N) is 1. The zero-order valence-corrected chi connectivity index (χ0v) is 12.0. The molecule has 0 radical (unpaired) electrons. The highest BCUT2D eigenvalue weighted by molar-refractivity contribution is 7.78. The second-order valence-electron chi connectivity index (χ2n) is 4.78. The van der Waals surface area contributed by atoms with Crippen LogP contribution in [0.1, 0.15) is 24.0 Å². The summed E-state index contributed by atoms with van der Waals surface area (Å²) < 4.78 is 0. The van der Waals surface area contributed by atoms with Gasteiger partial charge in [0.05, 0.1) is 11.6 Å². The molecule has 1 aromatic carbocycles. The maximum absolute atomic E-state index is 9.05. The maximum Gasteiger partial charge on any atom is 0.0915 e. The highest BCUT2D eigenvalue weighted by Crippen LogP contribution is 2.38. The van der Waals surface area contributed by atoms with Crippen LogP contribution in [0, 0.1) is 17.2 Å². The van der Waals surface area contributed by atoms with Crippen molar-refractivity contribution in [3.05, 3.63) is 53.4 Å². The predicted octanol–water partition coefficient (Wildman–Crippen LogP) is 2.89. The van der Waals surface area contributed by atoms with Crippen molar-refractivity contribution in [3.63, 3.8) is 0 Å². The standard InChI is InChI=1S/C16H17N3S/c17-8-7-16-13(9-14(10-18)19-11-20)6-5-12-3-1-2-4-15(12)16/h1-4,7,10-11,13H,5-6,9,18H2,(H,19,20)/b14-10-,16-7+. The summed E-state index contributed by atoms with van der Waals surface area (Å²) in [5, 5.41) is 12.0. The largest absolute Gasteiger partial charge is 0.403 e. The van der Waals surface area contributed by atoms with Crippen molar-refractivity contribution in [3.8, 4) is 6.07 Å². The van der Waals surface area contributed by atoms with Gasteiger partial charge in [-0.1, -0.05) is 36.5 Å². The van der Waals surface area contributed by atoms with Gasteiger partial charge in [-0.15, -0.1) is 0 Å². The summed E-state index contributed by atoms with van der Waals surface area (Å²) in [7, 11) is 0. The summed E-state index contributed by atoms with van der Waals surface area (Å²) in [6, 6.07) is 10.4. The molecule has 1 atom stereocenters. The van der Waals surface area contributed by atoms with E-state index in [4.69, 9.17) is 23.2 Å². The van der Waals surface area contributed by atoms with Gasteiger partial charge in [-0.3, -0.25) is 0 Å². The Hall–Kier alpha value is -2.12. The first-order valence-corrected chi connectivity index (χ1v) is 7.06. The van der Waals surface area contributed by atoms with Gasteiger partial charge in [-0.05, 0) is 41.9 Å². The fourth-order valence-electron chi connectivity index (χ4n) is 2.72. The Morgan fingerprint density at radius 1 is 1.50 bits per heavy atom. The van der Waals surface area contributed by atoms with Crippen LogP contribution in [0.5, 0.6) is 0 Å². The van der Waals surface area contributed by atoms with Crippen LogP contribution < -0.4 is 11.1 Å². The predicted molar refractivity (Wildman–Crippen MR) is 85.5 cm³/mol. The Balaban J connectivity index is 2.30. The zero-order valence-electron chi connectivity index (χ0n) is 11.2. The van der Waals surface area contributed by atoms with E-state index in [1.807, 2.05) is 12.1 Å². The Kier molecular flexibility index (Phi) is 4.91. The van der Waals surface area contributed by atoms with E-state index in [0.717, 1.165) is 30.5 Å². The Morgan fingerprint density at radius 2 is 2.30 bits per heavy atom. The average molecular weight is 283 g/mol. The molecule has 0 saturated carbocycles. The van der Waals surface area contributed by atoms with E-state index in [1.54, 1.807) is 12.3 Å². The summed E-state index contributed by atoms with van der Waals surface area (Å²) in [6.07, 6.45) is 6.02. The Labute approximate surface area is 124 Å². The number of nitrogens with two attached hydrogens (primary N) is 1.